The molecule has 2 aromatic carbocycles. The Morgan fingerprint density at radius 3 is 2.50 bits per heavy atom. The Hall–Kier alpha value is -2.68. The van der Waals surface area contributed by atoms with E-state index in [2.05, 4.69) is 50.2 Å². The molecule has 0 bridgehead atoms. The maximum Gasteiger partial charge on any atom is 0.311 e. The lowest BCUT2D eigenvalue weighted by Gasteiger charge is -2.17. The molecule has 0 saturated carbocycles. The van der Waals surface area contributed by atoms with E-state index in [4.69, 9.17) is 9.72 Å². The molecule has 3 heteroatoms. The van der Waals surface area contributed by atoms with Crippen molar-refractivity contribution in [2.75, 3.05) is 0 Å². The lowest BCUT2D eigenvalue weighted by Crippen LogP contribution is -2.10. The second-order valence-corrected chi connectivity index (χ2v) is 7.84. The summed E-state index contributed by atoms with van der Waals surface area (Å²) in [6.45, 7) is 6.10. The molecule has 0 aliphatic heterocycles. The molecule has 1 aliphatic rings. The molecule has 1 aliphatic carbocycles. The number of fused-ring (bicyclic) bond motifs is 2. The average molecular weight is 373 g/mol. The van der Waals surface area contributed by atoms with Crippen molar-refractivity contribution in [3.8, 4) is 16.9 Å². The quantitative estimate of drug-likeness (QED) is 0.507. The molecule has 0 radical (unpaired) electrons. The van der Waals surface area contributed by atoms with Crippen LogP contribution in [0.2, 0.25) is 0 Å². The molecule has 0 amide bonds. The van der Waals surface area contributed by atoms with Crippen molar-refractivity contribution in [2.45, 2.75) is 59.3 Å². The standard InChI is InChI=1S/C25H27NO2/c1-4-5-9-23(27)28-25-17(3)26-22-15-20-8-6-7-19(20)14-21(22)24(25)18-12-10-16(2)11-13-18/h10-15H,4-9H2,1-3H3. The van der Waals surface area contributed by atoms with Gasteiger partial charge in [-0.15, -0.1) is 0 Å². The summed E-state index contributed by atoms with van der Waals surface area (Å²) in [5, 5.41) is 1.08. The van der Waals surface area contributed by atoms with Crippen LogP contribution in [0.4, 0.5) is 0 Å². The molecule has 3 aromatic rings. The first kappa shape index (κ1) is 18.7. The van der Waals surface area contributed by atoms with E-state index in [0.717, 1.165) is 53.4 Å². The third-order valence-electron chi connectivity index (χ3n) is 5.61. The molecular formula is C25H27NO2. The zero-order valence-corrected chi connectivity index (χ0v) is 17.0. The normalized spacial score (nSPS) is 13.0. The number of pyridine rings is 1. The summed E-state index contributed by atoms with van der Waals surface area (Å²) in [4.78, 5) is 17.2. The van der Waals surface area contributed by atoms with Gasteiger partial charge in [-0.1, -0.05) is 43.2 Å². The monoisotopic (exact) mass is 373 g/mol. The van der Waals surface area contributed by atoms with Crippen molar-refractivity contribution in [1.82, 2.24) is 4.98 Å². The van der Waals surface area contributed by atoms with E-state index < -0.39 is 0 Å². The summed E-state index contributed by atoms with van der Waals surface area (Å²) in [5.74, 6) is 0.427. The fraction of sp³-hybridized carbons (Fsp3) is 0.360. The van der Waals surface area contributed by atoms with E-state index in [1.54, 1.807) is 0 Å². The maximum absolute atomic E-state index is 12.4. The van der Waals surface area contributed by atoms with Crippen LogP contribution >= 0.6 is 0 Å². The number of aryl methyl sites for hydroxylation is 4. The van der Waals surface area contributed by atoms with Crippen LogP contribution in [0, 0.1) is 13.8 Å². The number of hydrogen-bond donors (Lipinski definition) is 0. The number of unbranched alkanes of at least 4 members (excludes halogenated alkanes) is 1. The van der Waals surface area contributed by atoms with Gasteiger partial charge in [-0.2, -0.15) is 0 Å². The molecule has 1 aromatic heterocycles. The molecule has 0 unspecified atom stereocenters. The number of carbonyl (C=O) groups is 1. The van der Waals surface area contributed by atoms with E-state index in [1.165, 1.54) is 23.1 Å². The van der Waals surface area contributed by atoms with Gasteiger partial charge in [0.1, 0.15) is 0 Å². The van der Waals surface area contributed by atoms with Gasteiger partial charge in [-0.25, -0.2) is 4.98 Å². The van der Waals surface area contributed by atoms with Crippen LogP contribution in [0.3, 0.4) is 0 Å². The highest BCUT2D eigenvalue weighted by Gasteiger charge is 2.21. The summed E-state index contributed by atoms with van der Waals surface area (Å²) >= 11 is 0. The van der Waals surface area contributed by atoms with E-state index >= 15 is 0 Å². The number of ether oxygens (including phenoxy) is 1. The zero-order chi connectivity index (χ0) is 19.7. The summed E-state index contributed by atoms with van der Waals surface area (Å²) in [6, 6.07) is 12.9. The van der Waals surface area contributed by atoms with Crippen LogP contribution in [0.1, 0.15) is 55.0 Å². The Morgan fingerprint density at radius 1 is 1.07 bits per heavy atom. The Balaban J connectivity index is 1.92. The van der Waals surface area contributed by atoms with Gasteiger partial charge in [0.15, 0.2) is 5.75 Å². The summed E-state index contributed by atoms with van der Waals surface area (Å²) in [6.07, 6.45) is 5.68. The van der Waals surface area contributed by atoms with Gasteiger partial charge >= 0.3 is 5.97 Å². The first-order chi connectivity index (χ1) is 13.6. The van der Waals surface area contributed by atoms with Crippen LogP contribution < -0.4 is 4.74 Å². The maximum atomic E-state index is 12.4. The molecular weight excluding hydrogens is 346 g/mol. The van der Waals surface area contributed by atoms with Crippen molar-refractivity contribution in [3.05, 3.63) is 58.8 Å². The summed E-state index contributed by atoms with van der Waals surface area (Å²) in [7, 11) is 0. The minimum Gasteiger partial charge on any atom is -0.424 e. The number of carbonyl (C=O) groups excluding carboxylic acids is 1. The average Bonchev–Trinajstić information content (AvgIpc) is 3.13. The first-order valence-corrected chi connectivity index (χ1v) is 10.3. The van der Waals surface area contributed by atoms with Crippen molar-refractivity contribution < 1.29 is 9.53 Å². The number of rotatable bonds is 5. The number of benzene rings is 2. The molecule has 4 rings (SSSR count). The minimum atomic E-state index is -0.180. The molecule has 0 saturated heterocycles. The number of hydrogen-bond acceptors (Lipinski definition) is 3. The van der Waals surface area contributed by atoms with Gasteiger partial charge in [0.2, 0.25) is 0 Å². The van der Waals surface area contributed by atoms with Crippen LogP contribution in [0.25, 0.3) is 22.0 Å². The Labute approximate surface area is 166 Å². The van der Waals surface area contributed by atoms with Gasteiger partial charge in [0.05, 0.1) is 11.2 Å². The SMILES string of the molecule is CCCCC(=O)Oc1c(C)nc2cc3c(cc2c1-c1ccc(C)cc1)CCC3. The number of aromatic nitrogens is 1. The van der Waals surface area contributed by atoms with E-state index in [9.17, 15) is 4.79 Å². The molecule has 0 fully saturated rings. The van der Waals surface area contributed by atoms with Crippen molar-refractivity contribution >= 4 is 16.9 Å². The Kier molecular flexibility index (Phi) is 5.17. The molecule has 144 valence electrons. The third kappa shape index (κ3) is 3.54. The highest BCUT2D eigenvalue weighted by Crippen LogP contribution is 2.40. The van der Waals surface area contributed by atoms with Crippen LogP contribution in [0.15, 0.2) is 36.4 Å². The van der Waals surface area contributed by atoms with Gasteiger partial charge in [0, 0.05) is 17.4 Å². The van der Waals surface area contributed by atoms with Gasteiger partial charge in [-0.05, 0) is 68.4 Å². The van der Waals surface area contributed by atoms with Crippen LogP contribution in [-0.4, -0.2) is 11.0 Å². The first-order valence-electron chi connectivity index (χ1n) is 10.3. The lowest BCUT2D eigenvalue weighted by atomic mass is 9.95. The third-order valence-corrected chi connectivity index (χ3v) is 5.61. The van der Waals surface area contributed by atoms with E-state index in [1.807, 2.05) is 6.92 Å². The largest absolute Gasteiger partial charge is 0.424 e. The smallest absolute Gasteiger partial charge is 0.311 e. The highest BCUT2D eigenvalue weighted by molar-refractivity contribution is 6.00. The van der Waals surface area contributed by atoms with Crippen molar-refractivity contribution in [1.29, 1.82) is 0 Å². The summed E-state index contributed by atoms with van der Waals surface area (Å²) < 4.78 is 5.89. The van der Waals surface area contributed by atoms with E-state index in [0.29, 0.717) is 12.2 Å². The zero-order valence-electron chi connectivity index (χ0n) is 17.0. The second-order valence-electron chi connectivity index (χ2n) is 7.84. The second kappa shape index (κ2) is 7.75. The minimum absolute atomic E-state index is 0.180. The Morgan fingerprint density at radius 2 is 1.79 bits per heavy atom. The van der Waals surface area contributed by atoms with Crippen molar-refractivity contribution in [2.24, 2.45) is 0 Å². The molecule has 0 N–H and O–H groups in total. The topological polar surface area (TPSA) is 39.2 Å². The predicted octanol–water partition coefficient (Wildman–Crippen LogP) is 6.10. The fourth-order valence-electron chi connectivity index (χ4n) is 4.06. The van der Waals surface area contributed by atoms with Crippen LogP contribution in [-0.2, 0) is 17.6 Å². The number of nitrogens with zero attached hydrogens (tertiary/aromatic N) is 1. The predicted molar refractivity (Wildman–Crippen MR) is 114 cm³/mol. The van der Waals surface area contributed by atoms with Gasteiger partial charge in [-0.3, -0.25) is 4.79 Å². The van der Waals surface area contributed by atoms with Gasteiger partial charge < -0.3 is 4.74 Å². The summed E-state index contributed by atoms with van der Waals surface area (Å²) in [5.41, 5.74) is 7.82. The molecule has 0 spiro atoms. The molecule has 0 atom stereocenters. The fourth-order valence-corrected chi connectivity index (χ4v) is 4.06. The number of esters is 1. The van der Waals surface area contributed by atoms with Gasteiger partial charge in [0.25, 0.3) is 0 Å². The van der Waals surface area contributed by atoms with Crippen molar-refractivity contribution in [3.63, 3.8) is 0 Å². The molecule has 1 heterocycles. The van der Waals surface area contributed by atoms with Crippen LogP contribution in [0.5, 0.6) is 5.75 Å². The lowest BCUT2D eigenvalue weighted by molar-refractivity contribution is -0.134. The highest BCUT2D eigenvalue weighted by atomic mass is 16.5. The molecule has 3 nitrogen and oxygen atoms in total. The molecule has 28 heavy (non-hydrogen) atoms. The van der Waals surface area contributed by atoms with E-state index in [-0.39, 0.29) is 5.97 Å². The Bertz CT molecular complexity index is 1030.